The van der Waals surface area contributed by atoms with E-state index in [4.69, 9.17) is 5.73 Å². The van der Waals surface area contributed by atoms with Crippen molar-refractivity contribution in [2.75, 3.05) is 5.88 Å². The number of thioether (sulfide) groups is 1. The molecular formula is C8H8F3NO2S2. The summed E-state index contributed by atoms with van der Waals surface area (Å²) in [7, 11) is -3.57. The van der Waals surface area contributed by atoms with Crippen molar-refractivity contribution in [3.8, 4) is 0 Å². The quantitative estimate of drug-likeness (QED) is 0.854. The maximum absolute atomic E-state index is 12.0. The normalized spacial score (nSPS) is 12.8. The topological polar surface area (TPSA) is 60.2 Å². The molecule has 0 spiro atoms. The van der Waals surface area contributed by atoms with E-state index in [1.54, 1.807) is 0 Å². The molecule has 0 aromatic heterocycles. The van der Waals surface area contributed by atoms with E-state index < -0.39 is 21.2 Å². The van der Waals surface area contributed by atoms with Gasteiger partial charge in [-0.3, -0.25) is 0 Å². The van der Waals surface area contributed by atoms with E-state index in [9.17, 15) is 21.6 Å². The summed E-state index contributed by atoms with van der Waals surface area (Å²) in [5, 5.41) is 0. The molecule has 0 aliphatic rings. The lowest BCUT2D eigenvalue weighted by Gasteiger charge is -2.06. The monoisotopic (exact) mass is 271 g/mol. The first-order valence-electron chi connectivity index (χ1n) is 4.03. The van der Waals surface area contributed by atoms with Crippen molar-refractivity contribution in [3.63, 3.8) is 0 Å². The molecule has 0 atom stereocenters. The maximum atomic E-state index is 12.0. The zero-order valence-corrected chi connectivity index (χ0v) is 9.49. The number of sulfone groups is 1. The van der Waals surface area contributed by atoms with Gasteiger partial charge in [-0.1, -0.05) is 0 Å². The summed E-state index contributed by atoms with van der Waals surface area (Å²) in [4.78, 5) is -0.148. The van der Waals surface area contributed by atoms with E-state index in [0.717, 1.165) is 24.3 Å². The third-order valence-corrected chi connectivity index (χ3v) is 3.80. The van der Waals surface area contributed by atoms with Crippen LogP contribution < -0.4 is 5.73 Å². The van der Waals surface area contributed by atoms with E-state index in [1.807, 2.05) is 0 Å². The average molecular weight is 271 g/mol. The molecule has 0 bridgehead atoms. The number of nitrogens with two attached hydrogens (primary N) is 1. The highest BCUT2D eigenvalue weighted by molar-refractivity contribution is 8.00. The summed E-state index contributed by atoms with van der Waals surface area (Å²) >= 11 is -0.298. The van der Waals surface area contributed by atoms with Gasteiger partial charge in [0.15, 0.2) is 9.84 Å². The van der Waals surface area contributed by atoms with Crippen molar-refractivity contribution in [2.24, 2.45) is 5.73 Å². The molecule has 0 fully saturated rings. The van der Waals surface area contributed by atoms with Crippen molar-refractivity contribution in [1.29, 1.82) is 0 Å². The van der Waals surface area contributed by atoms with Crippen LogP contribution in [0.4, 0.5) is 13.2 Å². The predicted octanol–water partition coefficient (Wildman–Crippen LogP) is 1.99. The van der Waals surface area contributed by atoms with Gasteiger partial charge < -0.3 is 5.73 Å². The number of alkyl halides is 3. The van der Waals surface area contributed by atoms with Gasteiger partial charge in [-0.05, 0) is 36.0 Å². The van der Waals surface area contributed by atoms with Crippen LogP contribution in [-0.2, 0) is 9.84 Å². The number of rotatable bonds is 3. The minimum atomic E-state index is -4.38. The minimum absolute atomic E-state index is 0.0662. The third kappa shape index (κ3) is 3.69. The molecule has 16 heavy (non-hydrogen) atoms. The Bertz CT molecular complexity index is 453. The molecule has 0 aliphatic carbocycles. The zero-order chi connectivity index (χ0) is 12.4. The van der Waals surface area contributed by atoms with E-state index in [2.05, 4.69) is 0 Å². The Kier molecular flexibility index (Phi) is 3.87. The average Bonchev–Trinajstić information content (AvgIpc) is 2.16. The molecule has 0 saturated carbocycles. The molecule has 0 radical (unpaired) electrons. The lowest BCUT2D eigenvalue weighted by Crippen LogP contribution is -2.14. The number of hydrogen-bond acceptors (Lipinski definition) is 4. The van der Waals surface area contributed by atoms with Gasteiger partial charge in [0.2, 0.25) is 0 Å². The van der Waals surface area contributed by atoms with Crippen LogP contribution in [0.3, 0.4) is 0 Å². The van der Waals surface area contributed by atoms with Gasteiger partial charge in [0.1, 0.15) is 5.88 Å². The molecule has 2 N–H and O–H groups in total. The summed E-state index contributed by atoms with van der Waals surface area (Å²) in [6.45, 7) is 0. The van der Waals surface area contributed by atoms with Crippen LogP contribution in [0.25, 0.3) is 0 Å². The molecule has 0 saturated heterocycles. The predicted molar refractivity (Wildman–Crippen MR) is 54.6 cm³/mol. The van der Waals surface area contributed by atoms with Crippen LogP contribution in [-0.4, -0.2) is 19.8 Å². The lowest BCUT2D eigenvalue weighted by atomic mass is 10.4. The Hall–Kier alpha value is -0.730. The van der Waals surface area contributed by atoms with E-state index >= 15 is 0 Å². The summed E-state index contributed by atoms with van der Waals surface area (Å²) in [5.41, 5.74) is 0.624. The molecule has 0 aliphatic heterocycles. The van der Waals surface area contributed by atoms with Crippen LogP contribution in [0, 0.1) is 0 Å². The standard InChI is InChI=1S/C8H8F3NO2S2/c9-8(10,11)15-6-1-3-7(4-2-6)16(13,14)5-12/h1-4H,5,12H2. The number of benzene rings is 1. The number of halogens is 3. The van der Waals surface area contributed by atoms with Gasteiger partial charge in [-0.2, -0.15) is 13.2 Å². The number of hydrogen-bond donors (Lipinski definition) is 1. The fraction of sp³-hybridized carbons (Fsp3) is 0.250. The molecular weight excluding hydrogens is 263 g/mol. The Morgan fingerprint density at radius 2 is 1.69 bits per heavy atom. The van der Waals surface area contributed by atoms with Crippen LogP contribution in [0.5, 0.6) is 0 Å². The Labute approximate surface area is 94.7 Å². The van der Waals surface area contributed by atoms with Crippen molar-refractivity contribution >= 4 is 21.6 Å². The first kappa shape index (κ1) is 13.3. The van der Waals surface area contributed by atoms with E-state index in [1.165, 1.54) is 0 Å². The van der Waals surface area contributed by atoms with Crippen molar-refractivity contribution < 1.29 is 21.6 Å². The Morgan fingerprint density at radius 3 is 2.06 bits per heavy atom. The van der Waals surface area contributed by atoms with Crippen molar-refractivity contribution in [3.05, 3.63) is 24.3 Å². The highest BCUT2D eigenvalue weighted by Gasteiger charge is 2.29. The summed E-state index contributed by atoms with van der Waals surface area (Å²) in [6.07, 6.45) is 0. The van der Waals surface area contributed by atoms with Crippen LogP contribution in [0.15, 0.2) is 34.1 Å². The molecule has 0 heterocycles. The SMILES string of the molecule is NCS(=O)(=O)c1ccc(SC(F)(F)F)cc1. The van der Waals surface area contributed by atoms with Gasteiger partial charge >= 0.3 is 5.51 Å². The smallest absolute Gasteiger partial charge is 0.317 e. The lowest BCUT2D eigenvalue weighted by molar-refractivity contribution is -0.0328. The second-order valence-corrected chi connectivity index (χ2v) is 5.97. The van der Waals surface area contributed by atoms with Gasteiger partial charge in [0, 0.05) is 4.90 Å². The summed E-state index contributed by atoms with van der Waals surface area (Å²) < 4.78 is 58.4. The van der Waals surface area contributed by atoms with E-state index in [0.29, 0.717) is 0 Å². The molecule has 0 unspecified atom stereocenters. The van der Waals surface area contributed by atoms with Gasteiger partial charge in [0.25, 0.3) is 0 Å². The van der Waals surface area contributed by atoms with Crippen molar-refractivity contribution in [2.45, 2.75) is 15.3 Å². The highest BCUT2D eigenvalue weighted by atomic mass is 32.2. The summed E-state index contributed by atoms with van der Waals surface area (Å²) in [5.74, 6) is -0.571. The second kappa shape index (κ2) is 4.64. The molecule has 1 rings (SSSR count). The minimum Gasteiger partial charge on any atom is -0.317 e. The van der Waals surface area contributed by atoms with Gasteiger partial charge in [-0.15, -0.1) is 0 Å². The van der Waals surface area contributed by atoms with Crippen LogP contribution >= 0.6 is 11.8 Å². The molecule has 8 heteroatoms. The van der Waals surface area contributed by atoms with E-state index in [-0.39, 0.29) is 21.6 Å². The Balaban J connectivity index is 2.93. The van der Waals surface area contributed by atoms with Gasteiger partial charge in [-0.25, -0.2) is 8.42 Å². The van der Waals surface area contributed by atoms with Crippen molar-refractivity contribution in [1.82, 2.24) is 0 Å². The fourth-order valence-corrected chi connectivity index (χ4v) is 2.23. The van der Waals surface area contributed by atoms with Crippen LogP contribution in [0.1, 0.15) is 0 Å². The molecule has 3 nitrogen and oxygen atoms in total. The molecule has 90 valence electrons. The van der Waals surface area contributed by atoms with Gasteiger partial charge in [0.05, 0.1) is 4.90 Å². The second-order valence-electron chi connectivity index (χ2n) is 2.80. The molecule has 0 amide bonds. The highest BCUT2D eigenvalue weighted by Crippen LogP contribution is 2.36. The largest absolute Gasteiger partial charge is 0.446 e. The molecule has 1 aromatic rings. The zero-order valence-electron chi connectivity index (χ0n) is 7.86. The first-order chi connectivity index (χ1) is 7.24. The summed E-state index contributed by atoms with van der Waals surface area (Å²) in [6, 6.07) is 4.41. The third-order valence-electron chi connectivity index (χ3n) is 1.64. The fourth-order valence-electron chi connectivity index (χ4n) is 0.945. The Morgan fingerprint density at radius 1 is 1.19 bits per heavy atom. The molecule has 1 aromatic carbocycles. The first-order valence-corrected chi connectivity index (χ1v) is 6.50. The van der Waals surface area contributed by atoms with Crippen LogP contribution in [0.2, 0.25) is 0 Å². The maximum Gasteiger partial charge on any atom is 0.446 e.